The molecule has 0 saturated heterocycles. The number of nitrogens with one attached hydrogen (secondary N) is 1. The number of aromatic nitrogens is 2. The van der Waals surface area contributed by atoms with Gasteiger partial charge in [-0.1, -0.05) is 48.5 Å². The number of aryl methyl sites for hydroxylation is 3. The zero-order valence-corrected chi connectivity index (χ0v) is 15.2. The average molecular weight is 348 g/mol. The molecule has 0 spiro atoms. The molecule has 0 radical (unpaired) electrons. The highest BCUT2D eigenvalue weighted by Crippen LogP contribution is 2.15. The fourth-order valence-corrected chi connectivity index (χ4v) is 2.92. The molecule has 0 aliphatic heterocycles. The molecule has 0 aliphatic rings. The van der Waals surface area contributed by atoms with E-state index in [-0.39, 0.29) is 5.91 Å². The first-order valence-electron chi connectivity index (χ1n) is 8.77. The molecule has 5 heteroatoms. The van der Waals surface area contributed by atoms with Gasteiger partial charge >= 0.3 is 0 Å². The van der Waals surface area contributed by atoms with Gasteiger partial charge in [-0.3, -0.25) is 19.9 Å². The minimum Gasteiger partial charge on any atom is -0.281 e. The number of benzene rings is 2. The number of hydrogen-bond donors (Lipinski definition) is 1. The summed E-state index contributed by atoms with van der Waals surface area (Å²) in [5.74, 6) is -0.00645. The number of para-hydroxylation sites is 1. The Hall–Kier alpha value is -3.08. The van der Waals surface area contributed by atoms with Crippen LogP contribution in [-0.4, -0.2) is 15.7 Å². The number of anilines is 1. The summed E-state index contributed by atoms with van der Waals surface area (Å²) < 4.78 is 1.79. The van der Waals surface area contributed by atoms with E-state index < -0.39 is 0 Å². The van der Waals surface area contributed by atoms with E-state index in [0.717, 1.165) is 22.5 Å². The normalized spacial score (nSPS) is 10.5. The molecule has 2 aromatic carbocycles. The smallest absolute Gasteiger partial charge is 0.238 e. The van der Waals surface area contributed by atoms with Crippen molar-refractivity contribution in [3.63, 3.8) is 0 Å². The minimum absolute atomic E-state index is 0.00645. The highest BCUT2D eigenvalue weighted by molar-refractivity contribution is 5.78. The molecule has 3 rings (SSSR count). The van der Waals surface area contributed by atoms with Gasteiger partial charge in [-0.15, -0.1) is 0 Å². The zero-order chi connectivity index (χ0) is 18.4. The second-order valence-corrected chi connectivity index (χ2v) is 6.36. The molecule has 0 atom stereocenters. The molecule has 0 unspecified atom stereocenters. The largest absolute Gasteiger partial charge is 0.281 e. The molecule has 26 heavy (non-hydrogen) atoms. The van der Waals surface area contributed by atoms with Crippen LogP contribution in [0, 0.1) is 6.92 Å². The van der Waals surface area contributed by atoms with E-state index in [9.17, 15) is 4.79 Å². The molecule has 0 aliphatic carbocycles. The number of hydrazine groups is 1. The summed E-state index contributed by atoms with van der Waals surface area (Å²) in [7, 11) is 1.90. The van der Waals surface area contributed by atoms with Gasteiger partial charge < -0.3 is 0 Å². The van der Waals surface area contributed by atoms with Crippen molar-refractivity contribution in [1.82, 2.24) is 15.2 Å². The molecule has 1 amide bonds. The Morgan fingerprint density at radius 2 is 1.73 bits per heavy atom. The summed E-state index contributed by atoms with van der Waals surface area (Å²) in [5.41, 5.74) is 7.23. The Kier molecular flexibility index (Phi) is 5.69. The number of rotatable bonds is 7. The second-order valence-electron chi connectivity index (χ2n) is 6.36. The highest BCUT2D eigenvalue weighted by atomic mass is 16.2. The lowest BCUT2D eigenvalue weighted by Gasteiger charge is -2.25. The summed E-state index contributed by atoms with van der Waals surface area (Å²) in [6, 6.07) is 20.0. The third-order valence-electron chi connectivity index (χ3n) is 4.25. The highest BCUT2D eigenvalue weighted by Gasteiger charge is 2.12. The summed E-state index contributed by atoms with van der Waals surface area (Å²) in [5, 5.41) is 6.22. The fourth-order valence-electron chi connectivity index (χ4n) is 2.92. The van der Waals surface area contributed by atoms with Crippen molar-refractivity contribution in [3.05, 3.63) is 83.7 Å². The molecular weight excluding hydrogens is 324 g/mol. The van der Waals surface area contributed by atoms with Crippen molar-refractivity contribution in [1.29, 1.82) is 0 Å². The molecular formula is C21H24N4O. The maximum atomic E-state index is 12.5. The standard InChI is InChI=1S/C21H24N4O/c1-17-19(16-24(2)22-17)13-14-21(26)23-25(20-11-7-4-8-12-20)15-18-9-5-3-6-10-18/h3-12,16H,13-15H2,1-2H3,(H,23,26). The Morgan fingerprint density at radius 3 is 2.35 bits per heavy atom. The lowest BCUT2D eigenvalue weighted by atomic mass is 10.1. The molecule has 3 aromatic rings. The van der Waals surface area contributed by atoms with E-state index in [0.29, 0.717) is 19.4 Å². The van der Waals surface area contributed by atoms with E-state index in [1.54, 1.807) is 4.68 Å². The Morgan fingerprint density at radius 1 is 1.08 bits per heavy atom. The number of hydrogen-bond acceptors (Lipinski definition) is 3. The first-order valence-corrected chi connectivity index (χ1v) is 8.77. The second kappa shape index (κ2) is 8.34. The van der Waals surface area contributed by atoms with Crippen LogP contribution in [0.1, 0.15) is 23.2 Å². The van der Waals surface area contributed by atoms with Crippen LogP contribution < -0.4 is 10.4 Å². The Balaban J connectivity index is 1.66. The van der Waals surface area contributed by atoms with Crippen molar-refractivity contribution >= 4 is 11.6 Å². The average Bonchev–Trinajstić information content (AvgIpc) is 2.98. The first-order chi connectivity index (χ1) is 12.6. The quantitative estimate of drug-likeness (QED) is 0.666. The van der Waals surface area contributed by atoms with Gasteiger partial charge in [0.1, 0.15) is 0 Å². The van der Waals surface area contributed by atoms with Gasteiger partial charge in [0.05, 0.1) is 17.9 Å². The summed E-state index contributed by atoms with van der Waals surface area (Å²) in [4.78, 5) is 12.5. The minimum atomic E-state index is -0.00645. The fraction of sp³-hybridized carbons (Fsp3) is 0.238. The van der Waals surface area contributed by atoms with Gasteiger partial charge in [0.25, 0.3) is 0 Å². The SMILES string of the molecule is Cc1nn(C)cc1CCC(=O)NN(Cc1ccccc1)c1ccccc1. The van der Waals surface area contributed by atoms with E-state index in [2.05, 4.69) is 22.7 Å². The van der Waals surface area contributed by atoms with Crippen LogP contribution in [0.25, 0.3) is 0 Å². The van der Waals surface area contributed by atoms with Crippen LogP contribution >= 0.6 is 0 Å². The topological polar surface area (TPSA) is 50.2 Å². The lowest BCUT2D eigenvalue weighted by Crippen LogP contribution is -2.42. The molecule has 0 saturated carbocycles. The Labute approximate surface area is 154 Å². The van der Waals surface area contributed by atoms with Crippen molar-refractivity contribution in [2.75, 3.05) is 5.01 Å². The van der Waals surface area contributed by atoms with Gasteiger partial charge in [-0.25, -0.2) is 0 Å². The molecule has 0 bridgehead atoms. The predicted octanol–water partition coefficient (Wildman–Crippen LogP) is 3.40. The van der Waals surface area contributed by atoms with Crippen LogP contribution in [0.3, 0.4) is 0 Å². The predicted molar refractivity (Wildman–Crippen MR) is 103 cm³/mol. The van der Waals surface area contributed by atoms with Crippen molar-refractivity contribution in [2.24, 2.45) is 7.05 Å². The molecule has 5 nitrogen and oxygen atoms in total. The summed E-state index contributed by atoms with van der Waals surface area (Å²) in [6.45, 7) is 2.58. The van der Waals surface area contributed by atoms with Crippen LogP contribution in [0.15, 0.2) is 66.9 Å². The maximum absolute atomic E-state index is 12.5. The number of carbonyl (C=O) groups is 1. The van der Waals surface area contributed by atoms with Gasteiger partial charge in [0.2, 0.25) is 5.91 Å². The van der Waals surface area contributed by atoms with Crippen LogP contribution in [0.5, 0.6) is 0 Å². The van der Waals surface area contributed by atoms with Gasteiger partial charge in [0.15, 0.2) is 0 Å². The van der Waals surface area contributed by atoms with E-state index in [4.69, 9.17) is 0 Å². The third kappa shape index (κ3) is 4.72. The molecule has 1 aromatic heterocycles. The van der Waals surface area contributed by atoms with Crippen molar-refractivity contribution < 1.29 is 4.79 Å². The van der Waals surface area contributed by atoms with Crippen LogP contribution in [-0.2, 0) is 24.8 Å². The summed E-state index contributed by atoms with van der Waals surface area (Å²) in [6.07, 6.45) is 3.08. The van der Waals surface area contributed by atoms with Crippen molar-refractivity contribution in [2.45, 2.75) is 26.3 Å². The maximum Gasteiger partial charge on any atom is 0.238 e. The van der Waals surface area contributed by atoms with E-state index >= 15 is 0 Å². The van der Waals surface area contributed by atoms with E-state index in [1.165, 1.54) is 0 Å². The van der Waals surface area contributed by atoms with Crippen LogP contribution in [0.4, 0.5) is 5.69 Å². The zero-order valence-electron chi connectivity index (χ0n) is 15.2. The number of amides is 1. The van der Waals surface area contributed by atoms with Gasteiger partial charge in [-0.2, -0.15) is 5.10 Å². The molecule has 0 fully saturated rings. The molecule has 1 N–H and O–H groups in total. The first kappa shape index (κ1) is 17.7. The lowest BCUT2D eigenvalue weighted by molar-refractivity contribution is -0.121. The van der Waals surface area contributed by atoms with Crippen molar-refractivity contribution in [3.8, 4) is 0 Å². The Bertz CT molecular complexity index is 843. The van der Waals surface area contributed by atoms with E-state index in [1.807, 2.05) is 73.7 Å². The third-order valence-corrected chi connectivity index (χ3v) is 4.25. The van der Waals surface area contributed by atoms with Crippen LogP contribution in [0.2, 0.25) is 0 Å². The molecule has 1 heterocycles. The van der Waals surface area contributed by atoms with Gasteiger partial charge in [0, 0.05) is 19.7 Å². The summed E-state index contributed by atoms with van der Waals surface area (Å²) >= 11 is 0. The molecule has 134 valence electrons. The number of nitrogens with zero attached hydrogens (tertiary/aromatic N) is 3. The van der Waals surface area contributed by atoms with Gasteiger partial charge in [-0.05, 0) is 36.6 Å². The monoisotopic (exact) mass is 348 g/mol. The number of carbonyl (C=O) groups excluding carboxylic acids is 1.